The van der Waals surface area contributed by atoms with Crippen molar-refractivity contribution in [2.75, 3.05) is 13.2 Å². The normalized spacial score (nSPS) is 16.1. The fourth-order valence-electron chi connectivity index (χ4n) is 3.48. The molecule has 2 aromatic carbocycles. The summed E-state index contributed by atoms with van der Waals surface area (Å²) in [5.74, 6) is 0.667. The van der Waals surface area contributed by atoms with Gasteiger partial charge in [-0.25, -0.2) is 0 Å². The van der Waals surface area contributed by atoms with E-state index in [0.29, 0.717) is 29.4 Å². The van der Waals surface area contributed by atoms with Gasteiger partial charge in [-0.2, -0.15) is 0 Å². The van der Waals surface area contributed by atoms with E-state index in [1.54, 1.807) is 30.3 Å². The summed E-state index contributed by atoms with van der Waals surface area (Å²) < 4.78 is 5.91. The van der Waals surface area contributed by atoms with Gasteiger partial charge in [0.25, 0.3) is 5.91 Å². The molecule has 1 fully saturated rings. The predicted molar refractivity (Wildman–Crippen MR) is 114 cm³/mol. The van der Waals surface area contributed by atoms with Crippen molar-refractivity contribution in [1.82, 2.24) is 10.2 Å². The molecule has 0 radical (unpaired) electrons. The lowest BCUT2D eigenvalue weighted by Crippen LogP contribution is -2.39. The molecule has 1 atom stereocenters. The zero-order valence-electron chi connectivity index (χ0n) is 16.9. The number of halogens is 1. The van der Waals surface area contributed by atoms with E-state index in [1.807, 2.05) is 36.9 Å². The predicted octanol–water partition coefficient (Wildman–Crippen LogP) is 4.09. The SMILES string of the molecule is CC(C)NC(=O)c1ccc(OCC2CCCN2C(=O)Cc2ccccc2Cl)cc1. The molecule has 1 aliphatic rings. The van der Waals surface area contributed by atoms with Crippen molar-refractivity contribution < 1.29 is 14.3 Å². The van der Waals surface area contributed by atoms with Gasteiger partial charge >= 0.3 is 0 Å². The maximum Gasteiger partial charge on any atom is 0.251 e. The molecule has 0 saturated carbocycles. The van der Waals surface area contributed by atoms with Crippen molar-refractivity contribution in [3.05, 3.63) is 64.7 Å². The minimum absolute atomic E-state index is 0.0499. The second-order valence-electron chi connectivity index (χ2n) is 7.61. The summed E-state index contributed by atoms with van der Waals surface area (Å²) >= 11 is 6.19. The number of amides is 2. The average Bonchev–Trinajstić information content (AvgIpc) is 3.17. The van der Waals surface area contributed by atoms with Crippen LogP contribution in [0.2, 0.25) is 5.02 Å². The molecule has 3 rings (SSSR count). The average molecular weight is 415 g/mol. The highest BCUT2D eigenvalue weighted by atomic mass is 35.5. The number of ether oxygens (including phenoxy) is 1. The van der Waals surface area contributed by atoms with Gasteiger partial charge in [-0.1, -0.05) is 29.8 Å². The number of carbonyl (C=O) groups excluding carboxylic acids is 2. The molecule has 0 aliphatic carbocycles. The molecule has 1 unspecified atom stereocenters. The Labute approximate surface area is 177 Å². The first-order valence-corrected chi connectivity index (χ1v) is 10.4. The van der Waals surface area contributed by atoms with Crippen LogP contribution in [0.5, 0.6) is 5.75 Å². The van der Waals surface area contributed by atoms with Crippen molar-refractivity contribution in [2.24, 2.45) is 0 Å². The molecule has 1 saturated heterocycles. The van der Waals surface area contributed by atoms with Gasteiger partial charge in [-0.05, 0) is 62.6 Å². The second-order valence-corrected chi connectivity index (χ2v) is 8.02. The third-order valence-corrected chi connectivity index (χ3v) is 5.34. The van der Waals surface area contributed by atoms with Crippen LogP contribution in [-0.4, -0.2) is 41.9 Å². The van der Waals surface area contributed by atoms with Crippen LogP contribution in [0.4, 0.5) is 0 Å². The van der Waals surface area contributed by atoms with Crippen LogP contribution in [0, 0.1) is 0 Å². The molecular formula is C23H27ClN2O3. The molecule has 1 N–H and O–H groups in total. The molecule has 29 heavy (non-hydrogen) atoms. The molecular weight excluding hydrogens is 388 g/mol. The summed E-state index contributed by atoms with van der Waals surface area (Å²) in [6.07, 6.45) is 2.19. The van der Waals surface area contributed by atoms with Crippen LogP contribution in [0.1, 0.15) is 42.6 Å². The van der Waals surface area contributed by atoms with E-state index in [4.69, 9.17) is 16.3 Å². The Balaban J connectivity index is 1.55. The summed E-state index contributed by atoms with van der Waals surface area (Å²) in [6, 6.07) is 14.7. The van der Waals surface area contributed by atoms with Crippen molar-refractivity contribution in [1.29, 1.82) is 0 Å². The number of hydrogen-bond acceptors (Lipinski definition) is 3. The summed E-state index contributed by atoms with van der Waals surface area (Å²) in [4.78, 5) is 26.7. The van der Waals surface area contributed by atoms with Gasteiger partial charge in [0.1, 0.15) is 12.4 Å². The third-order valence-electron chi connectivity index (χ3n) is 4.98. The standard InChI is InChI=1S/C23H27ClN2O3/c1-16(2)25-23(28)17-9-11-20(12-10-17)29-15-19-7-5-13-26(19)22(27)14-18-6-3-4-8-21(18)24/h3-4,6,8-12,16,19H,5,7,13-15H2,1-2H3,(H,25,28). The van der Waals surface area contributed by atoms with Crippen LogP contribution in [0.15, 0.2) is 48.5 Å². The fourth-order valence-corrected chi connectivity index (χ4v) is 3.69. The van der Waals surface area contributed by atoms with Crippen LogP contribution >= 0.6 is 11.6 Å². The fraction of sp³-hybridized carbons (Fsp3) is 0.391. The number of carbonyl (C=O) groups is 2. The Kier molecular flexibility index (Phi) is 7.15. The molecule has 2 aromatic rings. The summed E-state index contributed by atoms with van der Waals surface area (Å²) in [5, 5.41) is 3.48. The Morgan fingerprint density at radius 3 is 2.59 bits per heavy atom. The number of nitrogens with one attached hydrogen (secondary N) is 1. The zero-order chi connectivity index (χ0) is 20.8. The van der Waals surface area contributed by atoms with E-state index in [9.17, 15) is 9.59 Å². The Morgan fingerprint density at radius 1 is 1.17 bits per heavy atom. The van der Waals surface area contributed by atoms with E-state index in [1.165, 1.54) is 0 Å². The highest BCUT2D eigenvalue weighted by Crippen LogP contribution is 2.22. The highest BCUT2D eigenvalue weighted by molar-refractivity contribution is 6.31. The molecule has 1 heterocycles. The lowest BCUT2D eigenvalue weighted by atomic mass is 10.1. The number of likely N-dealkylation sites (tertiary alicyclic amines) is 1. The van der Waals surface area contributed by atoms with Crippen molar-refractivity contribution >= 4 is 23.4 Å². The highest BCUT2D eigenvalue weighted by Gasteiger charge is 2.29. The summed E-state index contributed by atoms with van der Waals surface area (Å²) in [6.45, 7) is 5.03. The number of nitrogens with zero attached hydrogens (tertiary/aromatic N) is 1. The minimum Gasteiger partial charge on any atom is -0.491 e. The Bertz CT molecular complexity index is 851. The number of rotatable bonds is 7. The Morgan fingerprint density at radius 2 is 1.90 bits per heavy atom. The molecule has 154 valence electrons. The number of benzene rings is 2. The first-order chi connectivity index (χ1) is 13.9. The number of hydrogen-bond donors (Lipinski definition) is 1. The van der Waals surface area contributed by atoms with E-state index < -0.39 is 0 Å². The van der Waals surface area contributed by atoms with Gasteiger partial charge in [0.15, 0.2) is 0 Å². The lowest BCUT2D eigenvalue weighted by Gasteiger charge is -2.25. The first-order valence-electron chi connectivity index (χ1n) is 10.0. The largest absolute Gasteiger partial charge is 0.491 e. The molecule has 1 aliphatic heterocycles. The van der Waals surface area contributed by atoms with Gasteiger partial charge in [0.2, 0.25) is 5.91 Å². The first kappa shape index (κ1) is 21.2. The molecule has 6 heteroatoms. The smallest absolute Gasteiger partial charge is 0.251 e. The maximum atomic E-state index is 12.8. The third kappa shape index (κ3) is 5.73. The van der Waals surface area contributed by atoms with E-state index in [0.717, 1.165) is 24.9 Å². The monoisotopic (exact) mass is 414 g/mol. The molecule has 0 bridgehead atoms. The minimum atomic E-state index is -0.0984. The van der Waals surface area contributed by atoms with E-state index in [-0.39, 0.29) is 23.9 Å². The molecule has 0 aromatic heterocycles. The summed E-state index contributed by atoms with van der Waals surface area (Å²) in [7, 11) is 0. The topological polar surface area (TPSA) is 58.6 Å². The van der Waals surface area contributed by atoms with Gasteiger partial charge in [0, 0.05) is 23.2 Å². The van der Waals surface area contributed by atoms with Crippen LogP contribution in [0.25, 0.3) is 0 Å². The molecule has 2 amide bonds. The van der Waals surface area contributed by atoms with E-state index in [2.05, 4.69) is 5.32 Å². The van der Waals surface area contributed by atoms with Gasteiger partial charge in [-0.3, -0.25) is 9.59 Å². The van der Waals surface area contributed by atoms with Gasteiger partial charge < -0.3 is 15.0 Å². The summed E-state index contributed by atoms with van der Waals surface area (Å²) in [5.41, 5.74) is 1.45. The van der Waals surface area contributed by atoms with Gasteiger partial charge in [-0.15, -0.1) is 0 Å². The van der Waals surface area contributed by atoms with Crippen molar-refractivity contribution in [3.63, 3.8) is 0 Å². The Hall–Kier alpha value is -2.53. The van der Waals surface area contributed by atoms with E-state index >= 15 is 0 Å². The maximum absolute atomic E-state index is 12.8. The second kappa shape index (κ2) is 9.79. The lowest BCUT2D eigenvalue weighted by molar-refractivity contribution is -0.131. The van der Waals surface area contributed by atoms with Crippen molar-refractivity contribution in [2.45, 2.75) is 45.2 Å². The van der Waals surface area contributed by atoms with Crippen LogP contribution in [-0.2, 0) is 11.2 Å². The quantitative estimate of drug-likeness (QED) is 0.742. The van der Waals surface area contributed by atoms with Crippen molar-refractivity contribution in [3.8, 4) is 5.75 Å². The zero-order valence-corrected chi connectivity index (χ0v) is 17.6. The van der Waals surface area contributed by atoms with Crippen LogP contribution < -0.4 is 10.1 Å². The molecule has 5 nitrogen and oxygen atoms in total. The molecule has 0 spiro atoms. The van der Waals surface area contributed by atoms with Crippen LogP contribution in [0.3, 0.4) is 0 Å². The van der Waals surface area contributed by atoms with Gasteiger partial charge in [0.05, 0.1) is 12.5 Å².